The number of nitriles is 1. The fourth-order valence-electron chi connectivity index (χ4n) is 3.45. The van der Waals surface area contributed by atoms with Gasteiger partial charge in [0.2, 0.25) is 0 Å². The van der Waals surface area contributed by atoms with Crippen LogP contribution in [0.4, 0.5) is 4.39 Å². The maximum Gasteiger partial charge on any atom is 0.257 e. The highest BCUT2D eigenvalue weighted by molar-refractivity contribution is 5.95. The van der Waals surface area contributed by atoms with Gasteiger partial charge in [0.15, 0.2) is 0 Å². The van der Waals surface area contributed by atoms with Crippen molar-refractivity contribution in [1.82, 2.24) is 10.2 Å². The van der Waals surface area contributed by atoms with E-state index in [9.17, 15) is 9.18 Å². The molecular formula is C23H22FN3O. The molecule has 0 spiro atoms. The highest BCUT2D eigenvalue weighted by Gasteiger charge is 2.19. The summed E-state index contributed by atoms with van der Waals surface area (Å²) in [4.78, 5) is 14.3. The molecule has 1 atom stereocenters. The second-order valence-electron chi connectivity index (χ2n) is 6.90. The van der Waals surface area contributed by atoms with Crippen molar-refractivity contribution < 1.29 is 9.18 Å². The molecule has 1 N–H and O–H groups in total. The molecule has 1 fully saturated rings. The lowest BCUT2D eigenvalue weighted by Crippen LogP contribution is -2.22. The van der Waals surface area contributed by atoms with Crippen molar-refractivity contribution in [3.8, 4) is 17.2 Å². The molecule has 28 heavy (non-hydrogen) atoms. The normalized spacial score (nSPS) is 17.2. The molecule has 1 aliphatic carbocycles. The zero-order chi connectivity index (χ0) is 20.1. The van der Waals surface area contributed by atoms with Gasteiger partial charge in [-0.15, -0.1) is 0 Å². The summed E-state index contributed by atoms with van der Waals surface area (Å²) in [5.74, 6) is -0.566. The van der Waals surface area contributed by atoms with E-state index in [2.05, 4.69) is 11.9 Å². The molecule has 0 unspecified atom stereocenters. The third kappa shape index (κ3) is 4.29. The molecule has 0 bridgehead atoms. The summed E-state index contributed by atoms with van der Waals surface area (Å²) in [6.07, 6.45) is 6.51. The van der Waals surface area contributed by atoms with Crippen LogP contribution in [0.5, 0.6) is 0 Å². The third-order valence-electron chi connectivity index (χ3n) is 4.91. The molecule has 1 amide bonds. The first-order valence-corrected chi connectivity index (χ1v) is 9.15. The summed E-state index contributed by atoms with van der Waals surface area (Å²) in [5.41, 5.74) is 3.11. The number of hydrogen-bond donors (Lipinski definition) is 1. The molecule has 2 aromatic rings. The Morgan fingerprint density at radius 1 is 1.32 bits per heavy atom. The topological polar surface area (TPSA) is 56.1 Å². The zero-order valence-corrected chi connectivity index (χ0v) is 15.8. The van der Waals surface area contributed by atoms with Crippen molar-refractivity contribution in [3.05, 3.63) is 84.0 Å². The van der Waals surface area contributed by atoms with Gasteiger partial charge in [-0.25, -0.2) is 4.39 Å². The van der Waals surface area contributed by atoms with Crippen LogP contribution in [-0.2, 0) is 0 Å². The smallest absolute Gasteiger partial charge is 0.257 e. The van der Waals surface area contributed by atoms with E-state index in [1.807, 2.05) is 12.3 Å². The Kier molecular flexibility index (Phi) is 5.90. The standard InChI is InChI=1S/C23H22FN3O/c1-3-26-20-10-4-17(12-20)15-27(2)23(28)19-8-6-18(7-9-19)21-11-5-16(14-25)13-22(21)24/h3,5-9,11,13,15,20,26H,1,4,10,12H2,2H3/t20-/m0/s1. The summed E-state index contributed by atoms with van der Waals surface area (Å²) in [5, 5.41) is 12.1. The average molecular weight is 375 g/mol. The molecule has 2 aromatic carbocycles. The lowest BCUT2D eigenvalue weighted by atomic mass is 10.0. The largest absolute Gasteiger partial charge is 0.388 e. The number of carbonyl (C=O) groups is 1. The minimum absolute atomic E-state index is 0.112. The number of nitrogens with zero attached hydrogens (tertiary/aromatic N) is 2. The summed E-state index contributed by atoms with van der Waals surface area (Å²) in [7, 11) is 1.75. The maximum atomic E-state index is 14.2. The number of hydrogen-bond acceptors (Lipinski definition) is 3. The molecule has 0 aromatic heterocycles. The molecule has 0 aliphatic heterocycles. The first kappa shape index (κ1) is 19.4. The number of carbonyl (C=O) groups excluding carboxylic acids is 1. The van der Waals surface area contributed by atoms with Gasteiger partial charge in [-0.2, -0.15) is 5.26 Å². The number of benzene rings is 2. The third-order valence-corrected chi connectivity index (χ3v) is 4.91. The number of rotatable bonds is 5. The van der Waals surface area contributed by atoms with Gasteiger partial charge in [-0.05, 0) is 55.3 Å². The van der Waals surface area contributed by atoms with E-state index in [0.717, 1.165) is 19.3 Å². The molecule has 0 saturated heterocycles. The number of nitrogens with one attached hydrogen (secondary N) is 1. The zero-order valence-electron chi connectivity index (χ0n) is 15.8. The van der Waals surface area contributed by atoms with Crippen LogP contribution in [0.25, 0.3) is 11.1 Å². The molecule has 0 heterocycles. The van der Waals surface area contributed by atoms with Crippen molar-refractivity contribution in [2.45, 2.75) is 25.3 Å². The minimum atomic E-state index is -0.455. The molecule has 3 rings (SSSR count). The van der Waals surface area contributed by atoms with Gasteiger partial charge in [-0.3, -0.25) is 4.79 Å². The van der Waals surface area contributed by atoms with E-state index < -0.39 is 5.82 Å². The average Bonchev–Trinajstić information content (AvgIpc) is 3.14. The first-order valence-electron chi connectivity index (χ1n) is 9.15. The van der Waals surface area contributed by atoms with Crippen LogP contribution in [0.3, 0.4) is 0 Å². The highest BCUT2D eigenvalue weighted by atomic mass is 19.1. The Bertz CT molecular complexity index is 957. The van der Waals surface area contributed by atoms with Gasteiger partial charge < -0.3 is 10.2 Å². The van der Waals surface area contributed by atoms with Gasteiger partial charge in [0.1, 0.15) is 5.82 Å². The Morgan fingerprint density at radius 3 is 2.71 bits per heavy atom. The second kappa shape index (κ2) is 8.53. The van der Waals surface area contributed by atoms with Crippen molar-refractivity contribution >= 4 is 5.91 Å². The molecule has 5 heteroatoms. The lowest BCUT2D eigenvalue weighted by Gasteiger charge is -2.14. The van der Waals surface area contributed by atoms with Crippen LogP contribution >= 0.6 is 0 Å². The van der Waals surface area contributed by atoms with E-state index in [0.29, 0.717) is 22.7 Å². The van der Waals surface area contributed by atoms with Crippen molar-refractivity contribution in [1.29, 1.82) is 5.26 Å². The molecule has 4 nitrogen and oxygen atoms in total. The Hall–Kier alpha value is -3.39. The lowest BCUT2D eigenvalue weighted by molar-refractivity contribution is 0.0849. The van der Waals surface area contributed by atoms with Gasteiger partial charge in [0, 0.05) is 30.4 Å². The first-order chi connectivity index (χ1) is 13.5. The Morgan fingerprint density at radius 2 is 2.07 bits per heavy atom. The fraction of sp³-hybridized carbons (Fsp3) is 0.217. The monoisotopic (exact) mass is 375 g/mol. The molecule has 0 radical (unpaired) electrons. The molecule has 1 aliphatic rings. The van der Waals surface area contributed by atoms with Crippen LogP contribution in [0.15, 0.2) is 67.0 Å². The Balaban J connectivity index is 1.72. The van der Waals surface area contributed by atoms with Gasteiger partial charge in [-0.1, -0.05) is 30.4 Å². The molecule has 142 valence electrons. The maximum absolute atomic E-state index is 14.2. The Labute approximate surface area is 164 Å². The van der Waals surface area contributed by atoms with E-state index in [-0.39, 0.29) is 11.5 Å². The number of halogens is 1. The van der Waals surface area contributed by atoms with Crippen molar-refractivity contribution in [2.75, 3.05) is 7.05 Å². The van der Waals surface area contributed by atoms with Crippen LogP contribution < -0.4 is 5.32 Å². The van der Waals surface area contributed by atoms with E-state index >= 15 is 0 Å². The summed E-state index contributed by atoms with van der Waals surface area (Å²) >= 11 is 0. The predicted octanol–water partition coefficient (Wildman–Crippen LogP) is 4.61. The minimum Gasteiger partial charge on any atom is -0.388 e. The van der Waals surface area contributed by atoms with Crippen LogP contribution in [0.2, 0.25) is 0 Å². The summed E-state index contributed by atoms with van der Waals surface area (Å²) < 4.78 is 14.2. The second-order valence-corrected chi connectivity index (χ2v) is 6.90. The van der Waals surface area contributed by atoms with E-state index in [1.54, 1.807) is 54.5 Å². The van der Waals surface area contributed by atoms with Gasteiger partial charge in [0.25, 0.3) is 5.91 Å². The number of amides is 1. The summed E-state index contributed by atoms with van der Waals surface area (Å²) in [6, 6.07) is 13.5. The predicted molar refractivity (Wildman–Crippen MR) is 108 cm³/mol. The SMILES string of the molecule is C=CN[C@H]1CCC(=CN(C)C(=O)c2ccc(-c3ccc(C#N)cc3F)cc2)C1. The molecular weight excluding hydrogens is 353 g/mol. The van der Waals surface area contributed by atoms with Gasteiger partial charge >= 0.3 is 0 Å². The van der Waals surface area contributed by atoms with Crippen molar-refractivity contribution in [2.24, 2.45) is 0 Å². The van der Waals surface area contributed by atoms with E-state index in [1.165, 1.54) is 11.6 Å². The molecule has 1 saturated carbocycles. The van der Waals surface area contributed by atoms with E-state index in [4.69, 9.17) is 5.26 Å². The van der Waals surface area contributed by atoms with Crippen molar-refractivity contribution in [3.63, 3.8) is 0 Å². The van der Waals surface area contributed by atoms with Crippen LogP contribution in [-0.4, -0.2) is 23.9 Å². The van der Waals surface area contributed by atoms with Gasteiger partial charge in [0.05, 0.1) is 11.6 Å². The fourth-order valence-corrected chi connectivity index (χ4v) is 3.45. The quantitative estimate of drug-likeness (QED) is 0.831. The van der Waals surface area contributed by atoms with Crippen LogP contribution in [0.1, 0.15) is 35.2 Å². The summed E-state index contributed by atoms with van der Waals surface area (Å²) in [6.45, 7) is 3.69. The highest BCUT2D eigenvalue weighted by Crippen LogP contribution is 2.26. The van der Waals surface area contributed by atoms with Crippen LogP contribution in [0, 0.1) is 17.1 Å².